The lowest BCUT2D eigenvalue weighted by molar-refractivity contribution is -0.135. The Morgan fingerprint density at radius 2 is 1.87 bits per heavy atom. The predicted molar refractivity (Wildman–Crippen MR) is 124 cm³/mol. The molecule has 162 valence electrons. The van der Waals surface area contributed by atoms with Crippen molar-refractivity contribution in [3.8, 4) is 0 Å². The molecular weight excluding hydrogens is 434 g/mol. The molecule has 0 saturated carbocycles. The minimum absolute atomic E-state index is 0.166. The quantitative estimate of drug-likeness (QED) is 0.701. The number of anilines is 2. The van der Waals surface area contributed by atoms with Crippen LogP contribution in [0.1, 0.15) is 24.8 Å². The monoisotopic (exact) mass is 457 g/mol. The summed E-state index contributed by atoms with van der Waals surface area (Å²) in [4.78, 5) is 43.3. The number of likely N-dealkylation sites (tertiary alicyclic amines) is 1. The number of nitrogens with zero attached hydrogens (tertiary/aromatic N) is 2. The molecule has 0 unspecified atom stereocenters. The molecule has 2 aromatic carbocycles. The molecule has 0 spiro atoms. The van der Waals surface area contributed by atoms with Crippen molar-refractivity contribution in [2.45, 2.75) is 36.3 Å². The van der Waals surface area contributed by atoms with E-state index in [1.807, 2.05) is 31.2 Å². The fraction of sp³-hybridized carbons (Fsp3) is 0.348. The first-order valence-corrected chi connectivity index (χ1v) is 11.6. The van der Waals surface area contributed by atoms with E-state index in [1.165, 1.54) is 16.7 Å². The zero-order valence-electron chi connectivity index (χ0n) is 17.3. The highest BCUT2D eigenvalue weighted by Crippen LogP contribution is 2.40. The zero-order chi connectivity index (χ0) is 22.0. The molecule has 1 atom stereocenters. The summed E-state index contributed by atoms with van der Waals surface area (Å²) in [5, 5.41) is 2.49. The van der Waals surface area contributed by atoms with Crippen LogP contribution >= 0.6 is 23.4 Å². The Balaban J connectivity index is 1.56. The molecular formula is C23H24ClN3O3S. The summed E-state index contributed by atoms with van der Waals surface area (Å²) < 4.78 is 0. The van der Waals surface area contributed by atoms with Crippen molar-refractivity contribution in [3.05, 3.63) is 53.1 Å². The number of nitrogens with one attached hydrogen (secondary N) is 1. The molecule has 0 aliphatic carbocycles. The van der Waals surface area contributed by atoms with Crippen LogP contribution in [-0.2, 0) is 14.4 Å². The molecule has 0 aromatic heterocycles. The summed E-state index contributed by atoms with van der Waals surface area (Å²) >= 11 is 7.32. The van der Waals surface area contributed by atoms with E-state index in [4.69, 9.17) is 11.6 Å². The maximum Gasteiger partial charge on any atom is 0.250 e. The Bertz CT molecular complexity index is 1020. The summed E-state index contributed by atoms with van der Waals surface area (Å²) in [5.74, 6) is -0.859. The number of para-hydroxylation sites is 1. The van der Waals surface area contributed by atoms with Crippen LogP contribution < -0.4 is 10.2 Å². The van der Waals surface area contributed by atoms with E-state index in [1.54, 1.807) is 23.1 Å². The van der Waals surface area contributed by atoms with Crippen molar-refractivity contribution < 1.29 is 14.4 Å². The number of rotatable bonds is 4. The van der Waals surface area contributed by atoms with Gasteiger partial charge in [0.25, 0.3) is 5.91 Å². The van der Waals surface area contributed by atoms with Crippen molar-refractivity contribution in [1.29, 1.82) is 0 Å². The Morgan fingerprint density at radius 1 is 1.13 bits per heavy atom. The number of piperidine rings is 1. The van der Waals surface area contributed by atoms with Crippen LogP contribution in [0.5, 0.6) is 0 Å². The Hall–Kier alpha value is -2.51. The van der Waals surface area contributed by atoms with Gasteiger partial charge in [-0.05, 0) is 56.0 Å². The average molecular weight is 458 g/mol. The maximum atomic E-state index is 13.3. The molecule has 4 rings (SSSR count). The van der Waals surface area contributed by atoms with Crippen LogP contribution in [-0.4, -0.2) is 47.5 Å². The Morgan fingerprint density at radius 3 is 2.65 bits per heavy atom. The number of hydrogen-bond donors (Lipinski definition) is 1. The number of carbonyl (C=O) groups is 3. The van der Waals surface area contributed by atoms with E-state index >= 15 is 0 Å². The van der Waals surface area contributed by atoms with E-state index in [2.05, 4.69) is 5.32 Å². The summed E-state index contributed by atoms with van der Waals surface area (Å²) in [6, 6.07) is 12.6. The highest BCUT2D eigenvalue weighted by molar-refractivity contribution is 8.01. The van der Waals surface area contributed by atoms with Crippen molar-refractivity contribution in [2.24, 2.45) is 0 Å². The fourth-order valence-corrected chi connectivity index (χ4v) is 5.24. The van der Waals surface area contributed by atoms with E-state index in [0.717, 1.165) is 29.7 Å². The van der Waals surface area contributed by atoms with Gasteiger partial charge in [-0.1, -0.05) is 29.8 Å². The third-order valence-corrected chi connectivity index (χ3v) is 7.03. The van der Waals surface area contributed by atoms with Gasteiger partial charge in [0.15, 0.2) is 5.25 Å². The number of carbonyl (C=O) groups excluding carboxylic acids is 3. The highest BCUT2D eigenvalue weighted by atomic mass is 35.5. The van der Waals surface area contributed by atoms with Gasteiger partial charge in [0.05, 0.1) is 5.69 Å². The van der Waals surface area contributed by atoms with Crippen LogP contribution in [0.4, 0.5) is 11.4 Å². The number of amides is 3. The first-order valence-electron chi connectivity index (χ1n) is 10.4. The first kappa shape index (κ1) is 21.7. The summed E-state index contributed by atoms with van der Waals surface area (Å²) in [7, 11) is 0. The Kier molecular flexibility index (Phi) is 6.53. The Labute approximate surface area is 190 Å². The molecule has 1 fully saturated rings. The largest absolute Gasteiger partial charge is 0.341 e. The average Bonchev–Trinajstić information content (AvgIpc) is 2.78. The lowest BCUT2D eigenvalue weighted by atomic mass is 10.1. The van der Waals surface area contributed by atoms with Gasteiger partial charge in [0.2, 0.25) is 11.8 Å². The van der Waals surface area contributed by atoms with E-state index in [9.17, 15) is 14.4 Å². The van der Waals surface area contributed by atoms with E-state index in [0.29, 0.717) is 29.5 Å². The van der Waals surface area contributed by atoms with Crippen LogP contribution in [0.25, 0.3) is 0 Å². The van der Waals surface area contributed by atoms with Gasteiger partial charge in [-0.15, -0.1) is 11.8 Å². The summed E-state index contributed by atoms with van der Waals surface area (Å²) in [6.07, 6.45) is 3.02. The first-order chi connectivity index (χ1) is 14.9. The summed E-state index contributed by atoms with van der Waals surface area (Å²) in [6.45, 7) is 3.06. The van der Waals surface area contributed by atoms with Gasteiger partial charge >= 0.3 is 0 Å². The second-order valence-corrected chi connectivity index (χ2v) is 9.37. The molecule has 1 saturated heterocycles. The molecule has 2 aliphatic heterocycles. The normalized spacial score (nSPS) is 18.5. The smallest absolute Gasteiger partial charge is 0.250 e. The van der Waals surface area contributed by atoms with Gasteiger partial charge in [0.1, 0.15) is 6.54 Å². The molecule has 8 heteroatoms. The third kappa shape index (κ3) is 4.72. The molecule has 6 nitrogen and oxygen atoms in total. The second-order valence-electron chi connectivity index (χ2n) is 7.78. The minimum Gasteiger partial charge on any atom is -0.341 e. The standard InChI is InChI=1S/C23H24ClN3O3S/c1-15-9-10-16(24)13-17(15)25-20(28)14-27-18-7-3-4-8-19(18)31-21(23(27)30)22(29)26-11-5-2-6-12-26/h3-4,7-10,13,21H,2,5-6,11-12,14H2,1H3,(H,25,28)/t21-/m0/s1. The molecule has 2 aliphatic rings. The number of aryl methyl sites for hydroxylation is 1. The molecule has 31 heavy (non-hydrogen) atoms. The topological polar surface area (TPSA) is 69.7 Å². The lowest BCUT2D eigenvalue weighted by Gasteiger charge is -2.36. The molecule has 3 amide bonds. The predicted octanol–water partition coefficient (Wildman–Crippen LogP) is 4.11. The van der Waals surface area contributed by atoms with E-state index in [-0.39, 0.29) is 24.3 Å². The van der Waals surface area contributed by atoms with Crippen LogP contribution in [0, 0.1) is 6.92 Å². The number of benzene rings is 2. The number of halogens is 1. The third-order valence-electron chi connectivity index (χ3n) is 5.56. The molecule has 1 N–H and O–H groups in total. The summed E-state index contributed by atoms with van der Waals surface area (Å²) in [5.41, 5.74) is 2.13. The SMILES string of the molecule is Cc1ccc(Cl)cc1NC(=O)CN1C(=O)[C@H](C(=O)N2CCCCC2)Sc2ccccc21. The molecule has 0 radical (unpaired) electrons. The van der Waals surface area contributed by atoms with Crippen LogP contribution in [0.3, 0.4) is 0 Å². The van der Waals surface area contributed by atoms with Gasteiger partial charge in [-0.25, -0.2) is 0 Å². The van der Waals surface area contributed by atoms with Crippen molar-refractivity contribution in [3.63, 3.8) is 0 Å². The molecule has 2 heterocycles. The van der Waals surface area contributed by atoms with Gasteiger partial charge < -0.3 is 15.1 Å². The van der Waals surface area contributed by atoms with Crippen molar-refractivity contribution in [1.82, 2.24) is 4.90 Å². The van der Waals surface area contributed by atoms with Crippen LogP contribution in [0.15, 0.2) is 47.4 Å². The maximum absolute atomic E-state index is 13.3. The van der Waals surface area contributed by atoms with Gasteiger partial charge in [-0.3, -0.25) is 14.4 Å². The molecule has 0 bridgehead atoms. The number of hydrogen-bond acceptors (Lipinski definition) is 4. The molecule has 2 aromatic rings. The van der Waals surface area contributed by atoms with Gasteiger partial charge in [-0.2, -0.15) is 0 Å². The minimum atomic E-state index is -0.867. The lowest BCUT2D eigenvalue weighted by Crippen LogP contribution is -2.52. The van der Waals surface area contributed by atoms with Crippen LogP contribution in [0.2, 0.25) is 5.02 Å². The number of thioether (sulfide) groups is 1. The van der Waals surface area contributed by atoms with E-state index < -0.39 is 5.25 Å². The highest BCUT2D eigenvalue weighted by Gasteiger charge is 2.41. The second kappa shape index (κ2) is 9.32. The van der Waals surface area contributed by atoms with Crippen molar-refractivity contribution >= 4 is 52.5 Å². The van der Waals surface area contributed by atoms with Gasteiger partial charge in [0, 0.05) is 28.7 Å². The number of fused-ring (bicyclic) bond motifs is 1. The zero-order valence-corrected chi connectivity index (χ0v) is 18.8. The fourth-order valence-electron chi connectivity index (χ4n) is 3.88. The van der Waals surface area contributed by atoms with Crippen molar-refractivity contribution in [2.75, 3.05) is 29.9 Å².